The van der Waals surface area contributed by atoms with Crippen LogP contribution in [0.15, 0.2) is 72.9 Å². The van der Waals surface area contributed by atoms with Gasteiger partial charge in [0, 0.05) is 12.8 Å². The van der Waals surface area contributed by atoms with Gasteiger partial charge in [0.2, 0.25) is 11.8 Å². The second-order valence-corrected chi connectivity index (χ2v) is 16.2. The van der Waals surface area contributed by atoms with Crippen molar-refractivity contribution in [1.82, 2.24) is 10.6 Å². The van der Waals surface area contributed by atoms with Crippen molar-refractivity contribution in [3.8, 4) is 0 Å². The van der Waals surface area contributed by atoms with Crippen molar-refractivity contribution >= 4 is 23.8 Å². The molecule has 4 N–H and O–H groups in total. The lowest BCUT2D eigenvalue weighted by Gasteiger charge is -2.18. The van der Waals surface area contributed by atoms with Crippen LogP contribution in [0.5, 0.6) is 0 Å². The molecule has 2 amide bonds. The summed E-state index contributed by atoms with van der Waals surface area (Å²) in [6, 6.07) is -1.39. The number of carbonyl (C=O) groups excluding carboxylic acids is 3. The van der Waals surface area contributed by atoms with Crippen molar-refractivity contribution in [2.24, 2.45) is 0 Å². The number of carboxylic acid groups (broad SMARTS) is 1. The number of aliphatic hydroxyl groups is 1. The summed E-state index contributed by atoms with van der Waals surface area (Å²) in [4.78, 5) is 47.7. The number of esters is 1. The molecule has 0 aliphatic heterocycles. The number of aliphatic carboxylic acids is 1. The third-order valence-corrected chi connectivity index (χ3v) is 10.5. The molecule has 0 aromatic rings. The maximum absolute atomic E-state index is 12.8. The quantitative estimate of drug-likeness (QED) is 0.0272. The molecule has 0 aromatic carbocycles. The summed E-state index contributed by atoms with van der Waals surface area (Å²) in [6.07, 6.45) is 57.9. The minimum Gasteiger partial charge on any atom is -0.480 e. The fourth-order valence-corrected chi connectivity index (χ4v) is 6.80. The molecule has 0 bridgehead atoms. The fraction of sp³-hybridized carbons (Fsp3) is 0.692. The van der Waals surface area contributed by atoms with Crippen LogP contribution in [0.1, 0.15) is 206 Å². The van der Waals surface area contributed by atoms with Gasteiger partial charge < -0.3 is 25.6 Å². The molecule has 0 heterocycles. The largest absolute Gasteiger partial charge is 0.480 e. The molecule has 0 fully saturated rings. The summed E-state index contributed by atoms with van der Waals surface area (Å²) in [5.74, 6) is -2.38. The number of nitrogens with one attached hydrogen (secondary N) is 2. The topological polar surface area (TPSA) is 142 Å². The minimum absolute atomic E-state index is 0.0569. The van der Waals surface area contributed by atoms with Crippen molar-refractivity contribution in [1.29, 1.82) is 0 Å². The highest BCUT2D eigenvalue weighted by Crippen LogP contribution is 2.19. The van der Waals surface area contributed by atoms with E-state index in [9.17, 15) is 19.2 Å². The van der Waals surface area contributed by atoms with Gasteiger partial charge in [-0.1, -0.05) is 189 Å². The molecule has 2 unspecified atom stereocenters. The lowest BCUT2D eigenvalue weighted by atomic mass is 10.0. The Morgan fingerprint density at radius 1 is 0.508 bits per heavy atom. The highest BCUT2D eigenvalue weighted by Gasteiger charge is 2.19. The molecular formula is C52H88N2O7. The van der Waals surface area contributed by atoms with E-state index in [1.54, 1.807) is 0 Å². The van der Waals surface area contributed by atoms with E-state index in [0.717, 1.165) is 83.5 Å². The second-order valence-electron chi connectivity index (χ2n) is 16.2. The number of aliphatic hydroxyl groups excluding tert-OH is 1. The molecule has 0 aliphatic rings. The van der Waals surface area contributed by atoms with Gasteiger partial charge in [0.15, 0.2) is 0 Å². The molecule has 9 nitrogen and oxygen atoms in total. The SMILES string of the molecule is CC/C=C\C/C=C\C/C=C\C/C=C\C/C=C\C/C=C\CCC(=O)OC(CCCCCCCCCCCCCCCC)CCCCCCCC(=O)NCC(=O)NC(CO)C(=O)O. The van der Waals surface area contributed by atoms with E-state index in [2.05, 4.69) is 97.4 Å². The lowest BCUT2D eigenvalue weighted by molar-refractivity contribution is -0.149. The summed E-state index contributed by atoms with van der Waals surface area (Å²) < 4.78 is 6.01. The monoisotopic (exact) mass is 853 g/mol. The summed E-state index contributed by atoms with van der Waals surface area (Å²) >= 11 is 0. The fourth-order valence-electron chi connectivity index (χ4n) is 6.80. The predicted molar refractivity (Wildman–Crippen MR) is 254 cm³/mol. The van der Waals surface area contributed by atoms with Crippen molar-refractivity contribution in [3.63, 3.8) is 0 Å². The number of amides is 2. The first-order chi connectivity index (χ1) is 29.8. The molecule has 0 saturated carbocycles. The smallest absolute Gasteiger partial charge is 0.328 e. The standard InChI is InChI=1S/C52H88N2O7/c1-3-5-7-9-11-13-15-17-19-20-21-22-23-25-27-29-31-36-40-44-51(58)61-47(41-37-33-30-28-26-24-18-16-14-12-10-8-6-4-2)42-38-34-32-35-39-43-49(56)53-45-50(57)54-48(46-55)52(59)60/h5,7,11,13,17,19,21-22,25,27,31,36,47-48,55H,3-4,6,8-10,12,14-16,18,20,23-24,26,28-30,32-35,37-46H2,1-2H3,(H,53,56)(H,54,57)(H,59,60)/b7-5-,13-11-,19-17-,22-21-,27-25-,36-31-. The Kier molecular flexibility index (Phi) is 43.0. The highest BCUT2D eigenvalue weighted by atomic mass is 16.5. The summed E-state index contributed by atoms with van der Waals surface area (Å²) in [5.41, 5.74) is 0. The molecule has 348 valence electrons. The van der Waals surface area contributed by atoms with Crippen LogP contribution in [0.3, 0.4) is 0 Å². The average Bonchev–Trinajstić information content (AvgIpc) is 3.25. The molecule has 9 heteroatoms. The molecular weight excluding hydrogens is 765 g/mol. The molecule has 0 rings (SSSR count). The maximum atomic E-state index is 12.8. The summed E-state index contributed by atoms with van der Waals surface area (Å²) in [6.45, 7) is 3.37. The molecule has 0 aromatic heterocycles. The molecule has 0 saturated heterocycles. The van der Waals surface area contributed by atoms with Crippen LogP contribution < -0.4 is 10.6 Å². The van der Waals surface area contributed by atoms with Gasteiger partial charge in [0.25, 0.3) is 0 Å². The normalized spacial score (nSPS) is 13.1. The first kappa shape index (κ1) is 57.3. The van der Waals surface area contributed by atoms with Gasteiger partial charge in [-0.05, 0) is 77.0 Å². The van der Waals surface area contributed by atoms with Gasteiger partial charge in [-0.25, -0.2) is 4.79 Å². The van der Waals surface area contributed by atoms with Gasteiger partial charge in [0.1, 0.15) is 12.1 Å². The number of hydrogen-bond donors (Lipinski definition) is 4. The molecule has 2 atom stereocenters. The number of carbonyl (C=O) groups is 4. The van der Waals surface area contributed by atoms with Crippen molar-refractivity contribution in [3.05, 3.63) is 72.9 Å². The Balaban J connectivity index is 4.45. The first-order valence-corrected chi connectivity index (χ1v) is 24.3. The zero-order valence-electron chi connectivity index (χ0n) is 38.6. The molecule has 61 heavy (non-hydrogen) atoms. The van der Waals surface area contributed by atoms with Gasteiger partial charge in [-0.2, -0.15) is 0 Å². The van der Waals surface area contributed by atoms with Gasteiger partial charge in [0.05, 0.1) is 13.2 Å². The van der Waals surface area contributed by atoms with Crippen molar-refractivity contribution in [2.45, 2.75) is 219 Å². The maximum Gasteiger partial charge on any atom is 0.328 e. The van der Waals surface area contributed by atoms with Gasteiger partial charge >= 0.3 is 11.9 Å². The van der Waals surface area contributed by atoms with E-state index in [1.807, 2.05) is 0 Å². The van der Waals surface area contributed by atoms with Crippen molar-refractivity contribution < 1.29 is 34.1 Å². The number of hydrogen-bond acceptors (Lipinski definition) is 6. The Bertz CT molecular complexity index is 1250. The van der Waals surface area contributed by atoms with E-state index in [0.29, 0.717) is 19.3 Å². The van der Waals surface area contributed by atoms with E-state index in [4.69, 9.17) is 14.9 Å². The summed E-state index contributed by atoms with van der Waals surface area (Å²) in [5, 5.41) is 22.6. The van der Waals surface area contributed by atoms with Crippen LogP contribution in [-0.4, -0.2) is 59.3 Å². The van der Waals surface area contributed by atoms with Crippen molar-refractivity contribution in [2.75, 3.05) is 13.2 Å². The average molecular weight is 853 g/mol. The first-order valence-electron chi connectivity index (χ1n) is 24.3. The third kappa shape index (κ3) is 42.8. The Labute approximate surface area is 372 Å². The van der Waals surface area contributed by atoms with Crippen LogP contribution in [0.25, 0.3) is 0 Å². The van der Waals surface area contributed by atoms with Gasteiger partial charge in [-0.15, -0.1) is 0 Å². The van der Waals surface area contributed by atoms with E-state index in [1.165, 1.54) is 83.5 Å². The lowest BCUT2D eigenvalue weighted by Crippen LogP contribution is -2.47. The highest BCUT2D eigenvalue weighted by molar-refractivity contribution is 5.87. The molecule has 0 aliphatic carbocycles. The van der Waals surface area contributed by atoms with Crippen LogP contribution >= 0.6 is 0 Å². The minimum atomic E-state index is -1.39. The third-order valence-electron chi connectivity index (χ3n) is 10.5. The number of ether oxygens (including phenoxy) is 1. The van der Waals surface area contributed by atoms with E-state index in [-0.39, 0.29) is 30.9 Å². The number of carboxylic acids is 1. The Hall–Kier alpha value is -3.72. The number of unbranched alkanes of at least 4 members (excludes halogenated alkanes) is 17. The Morgan fingerprint density at radius 2 is 0.918 bits per heavy atom. The van der Waals surface area contributed by atoms with E-state index < -0.39 is 24.5 Å². The van der Waals surface area contributed by atoms with Crippen LogP contribution in [-0.2, 0) is 23.9 Å². The number of rotatable bonds is 43. The molecule has 0 radical (unpaired) electrons. The Morgan fingerprint density at radius 3 is 1.34 bits per heavy atom. The molecule has 0 spiro atoms. The zero-order valence-corrected chi connectivity index (χ0v) is 38.6. The predicted octanol–water partition coefficient (Wildman–Crippen LogP) is 12.7. The second kappa shape index (κ2) is 45.8. The van der Waals surface area contributed by atoms with Crippen LogP contribution in [0, 0.1) is 0 Å². The zero-order chi connectivity index (χ0) is 44.7. The number of allylic oxidation sites excluding steroid dienone is 12. The van der Waals surface area contributed by atoms with E-state index >= 15 is 0 Å². The summed E-state index contributed by atoms with van der Waals surface area (Å²) in [7, 11) is 0. The van der Waals surface area contributed by atoms with Crippen LogP contribution in [0.4, 0.5) is 0 Å². The van der Waals surface area contributed by atoms with Gasteiger partial charge in [-0.3, -0.25) is 14.4 Å². The van der Waals surface area contributed by atoms with Crippen LogP contribution in [0.2, 0.25) is 0 Å².